The summed E-state index contributed by atoms with van der Waals surface area (Å²) < 4.78 is 71.1. The summed E-state index contributed by atoms with van der Waals surface area (Å²) in [4.78, 5) is 105. The number of carbonyl (C=O) groups is 7. The summed E-state index contributed by atoms with van der Waals surface area (Å²) in [5.41, 5.74) is 57.5. The first kappa shape index (κ1) is 60.0. The molecule has 0 aromatic heterocycles. The molecule has 3 heterocycles. The van der Waals surface area contributed by atoms with E-state index in [1.807, 2.05) is 0 Å². The van der Waals surface area contributed by atoms with Crippen molar-refractivity contribution in [3.05, 3.63) is 62.7 Å². The summed E-state index contributed by atoms with van der Waals surface area (Å²) >= 11 is 0.665. The summed E-state index contributed by atoms with van der Waals surface area (Å²) in [6, 6.07) is -6.63. The van der Waals surface area contributed by atoms with E-state index in [0.29, 0.717) is 11.8 Å². The molecule has 3 aliphatic heterocycles. The van der Waals surface area contributed by atoms with Crippen LogP contribution in [0.15, 0.2) is 30.7 Å². The zero-order chi connectivity index (χ0) is 55.5. The van der Waals surface area contributed by atoms with Gasteiger partial charge in [0.25, 0.3) is 0 Å². The third-order valence-corrected chi connectivity index (χ3v) is 11.8. The Kier molecular flexibility index (Phi) is 23.0. The molecule has 4 rings (SSSR count). The van der Waals surface area contributed by atoms with E-state index in [4.69, 9.17) is 56.8 Å². The van der Waals surface area contributed by atoms with E-state index < -0.39 is 177 Å². The van der Waals surface area contributed by atoms with Crippen LogP contribution in [0.5, 0.6) is 0 Å². The van der Waals surface area contributed by atoms with E-state index in [1.165, 1.54) is 6.92 Å². The van der Waals surface area contributed by atoms with Crippen molar-refractivity contribution in [3.8, 4) is 0 Å². The van der Waals surface area contributed by atoms with Gasteiger partial charge in [0.15, 0.2) is 54.5 Å². The second-order valence-electron chi connectivity index (χ2n) is 16.2. The SMILES string of the molecule is CC(=O)OC1[C@@H](OC2O[C@H](CSC(C)=O)[C@H](O[C@H]3O[C@@H](CN=[N+]=[N-])[C@@H](OC(C)=O)C(OC(C)=O)C3N=[N+]=[N-])[C@@H]2OC(C)=O)[C@H](O[C@H]2OC(CN=[N+]=[N-])[C@@H](OC(C)=O)[C@H](OC(C)=O)C2N=[N+]=[N-])C(N=[N+]=[N-])C[C@H]1N=[N+]=[N-]. The van der Waals surface area contributed by atoms with Gasteiger partial charge in [0.2, 0.25) is 0 Å². The molecule has 75 heavy (non-hydrogen) atoms. The highest BCUT2D eigenvalue weighted by Gasteiger charge is 2.59. The van der Waals surface area contributed by atoms with Crippen molar-refractivity contribution < 1.29 is 90.4 Å². The summed E-state index contributed by atoms with van der Waals surface area (Å²) in [5, 5.41) is 21.5. The Morgan fingerprint density at radius 1 is 0.427 bits per heavy atom. The molecule has 1 aliphatic carbocycles. The average molecular weight is 1080 g/mol. The standard InChI is InChI=1S/C37H48N18O19S/c1-12(56)63-26-19(46-52-40)8-20(47-53-41)27(72-35-24(48-54-42)31(66-15(4)59)28(64-13(2)57)21(69-35)9-44-50-38)33(26)74-37-34(68-17(6)61)30(23(71-37)11-75-18(7)62)73-36-25(49-55-43)32(67-16(5)60)29(65-14(3)58)22(70-36)10-45-51-39/h19-37H,8-11H2,1-7H3/t19-,20?,21?,22+,23-,24?,25?,26?,27-,28-,29-,30+,31-,32?,33-,34+,35-,36-,37?/m1/s1. The molecule has 7 unspecified atom stereocenters. The van der Waals surface area contributed by atoms with Gasteiger partial charge in [-0.25, -0.2) is 0 Å². The fourth-order valence-corrected chi connectivity index (χ4v) is 9.13. The maximum Gasteiger partial charge on any atom is 0.303 e. The van der Waals surface area contributed by atoms with Crippen LogP contribution in [0.4, 0.5) is 0 Å². The lowest BCUT2D eigenvalue weighted by molar-refractivity contribution is -0.309. The minimum Gasteiger partial charge on any atom is -0.459 e. The third kappa shape index (κ3) is 16.5. The number of ether oxygens (including phenoxy) is 12. The molecule has 406 valence electrons. The second-order valence-corrected chi connectivity index (χ2v) is 17.4. The highest BCUT2D eigenvalue weighted by Crippen LogP contribution is 2.41. The van der Waals surface area contributed by atoms with Gasteiger partial charge >= 0.3 is 35.8 Å². The van der Waals surface area contributed by atoms with Crippen molar-refractivity contribution in [1.29, 1.82) is 0 Å². The lowest BCUT2D eigenvalue weighted by Crippen LogP contribution is -2.65. The minimum absolute atomic E-state index is 0.347. The van der Waals surface area contributed by atoms with Crippen LogP contribution >= 0.6 is 11.8 Å². The first-order valence-electron chi connectivity index (χ1n) is 22.0. The van der Waals surface area contributed by atoms with Crippen LogP contribution in [0, 0.1) is 0 Å². The summed E-state index contributed by atoms with van der Waals surface area (Å²) in [6.45, 7) is 5.79. The fraction of sp³-hybridized carbons (Fsp3) is 0.811. The van der Waals surface area contributed by atoms with Crippen LogP contribution in [-0.2, 0) is 90.4 Å². The largest absolute Gasteiger partial charge is 0.459 e. The topological polar surface area (TPSA) is 523 Å². The van der Waals surface area contributed by atoms with Gasteiger partial charge in [-0.05, 0) is 39.6 Å². The molecule has 38 heteroatoms. The average Bonchev–Trinajstić information content (AvgIpc) is 3.63. The van der Waals surface area contributed by atoms with E-state index in [9.17, 15) is 66.7 Å². The van der Waals surface area contributed by atoms with Gasteiger partial charge in [-0.15, -0.1) is 0 Å². The fourth-order valence-electron chi connectivity index (χ4n) is 8.46. The minimum atomic E-state index is -1.99. The van der Waals surface area contributed by atoms with Gasteiger partial charge in [0, 0.05) is 83.7 Å². The molecule has 0 radical (unpaired) electrons. The highest BCUT2D eigenvalue weighted by atomic mass is 32.2. The number of thioether (sulfide) groups is 1. The Bertz CT molecular complexity index is 2440. The monoisotopic (exact) mass is 1080 g/mol. The van der Waals surface area contributed by atoms with E-state index in [1.54, 1.807) is 0 Å². The van der Waals surface area contributed by atoms with Crippen LogP contribution in [0.2, 0.25) is 0 Å². The molecule has 0 aromatic carbocycles. The first-order valence-corrected chi connectivity index (χ1v) is 23.0. The first-order chi connectivity index (χ1) is 35.7. The quantitative estimate of drug-likeness (QED) is 0.0487. The molecule has 4 fully saturated rings. The van der Waals surface area contributed by atoms with Crippen molar-refractivity contribution >= 4 is 52.7 Å². The van der Waals surface area contributed by atoms with Crippen LogP contribution in [-0.4, -0.2) is 176 Å². The van der Waals surface area contributed by atoms with Gasteiger partial charge in [-0.3, -0.25) is 33.6 Å². The van der Waals surface area contributed by atoms with Gasteiger partial charge in [-0.2, -0.15) is 0 Å². The van der Waals surface area contributed by atoms with Gasteiger partial charge < -0.3 is 56.8 Å². The lowest BCUT2D eigenvalue weighted by atomic mass is 9.83. The number of esters is 6. The Morgan fingerprint density at radius 3 is 1.19 bits per heavy atom. The molecular formula is C37H48N18O19S. The summed E-state index contributed by atoms with van der Waals surface area (Å²) in [5.74, 6) is -6.26. The molecule has 37 nitrogen and oxygen atoms in total. The van der Waals surface area contributed by atoms with Crippen LogP contribution in [0.3, 0.4) is 0 Å². The maximum atomic E-state index is 13.1. The molecule has 0 amide bonds. The van der Waals surface area contributed by atoms with Crippen molar-refractivity contribution in [1.82, 2.24) is 0 Å². The van der Waals surface area contributed by atoms with E-state index >= 15 is 0 Å². The van der Waals surface area contributed by atoms with E-state index in [-0.39, 0.29) is 5.75 Å². The summed E-state index contributed by atoms with van der Waals surface area (Å²) in [7, 11) is 0. The van der Waals surface area contributed by atoms with Gasteiger partial charge in [0.05, 0.1) is 31.3 Å². The molecule has 0 N–H and O–H groups in total. The Hall–Kier alpha value is -7.54. The normalized spacial score (nSPS) is 33.7. The van der Waals surface area contributed by atoms with Crippen LogP contribution in [0.25, 0.3) is 62.7 Å². The Balaban J connectivity index is 1.96. The number of hydrogen-bond donors (Lipinski definition) is 0. The zero-order valence-electron chi connectivity index (χ0n) is 40.5. The Morgan fingerprint density at radius 2 is 0.787 bits per heavy atom. The van der Waals surface area contributed by atoms with Crippen LogP contribution in [0.1, 0.15) is 54.9 Å². The van der Waals surface area contributed by atoms with Crippen molar-refractivity contribution in [2.75, 3.05) is 18.8 Å². The van der Waals surface area contributed by atoms with Crippen molar-refractivity contribution in [2.24, 2.45) is 30.7 Å². The van der Waals surface area contributed by atoms with Gasteiger partial charge in [-0.1, -0.05) is 42.4 Å². The Labute approximate surface area is 425 Å². The lowest BCUT2D eigenvalue weighted by Gasteiger charge is -2.48. The molecule has 0 aromatic rings. The zero-order valence-corrected chi connectivity index (χ0v) is 41.3. The number of nitrogens with zero attached hydrogens (tertiary/aromatic N) is 18. The van der Waals surface area contributed by atoms with Crippen molar-refractivity contribution in [3.63, 3.8) is 0 Å². The van der Waals surface area contributed by atoms with Crippen LogP contribution < -0.4 is 0 Å². The molecule has 19 atom stereocenters. The number of rotatable bonds is 22. The van der Waals surface area contributed by atoms with Crippen molar-refractivity contribution in [2.45, 2.75) is 171 Å². The number of carbonyl (C=O) groups excluding carboxylic acids is 7. The smallest absolute Gasteiger partial charge is 0.303 e. The molecule has 0 spiro atoms. The molecule has 1 saturated carbocycles. The summed E-state index contributed by atoms with van der Waals surface area (Å²) in [6.07, 6.45) is -26.7. The molecular weight excluding hydrogens is 1030 g/mol. The van der Waals surface area contributed by atoms with E-state index in [2.05, 4.69) is 60.2 Å². The second kappa shape index (κ2) is 28.8. The number of azide groups is 6. The molecule has 4 aliphatic rings. The van der Waals surface area contributed by atoms with E-state index in [0.717, 1.165) is 41.5 Å². The molecule has 0 bridgehead atoms. The predicted octanol–water partition coefficient (Wildman–Crippen LogP) is 3.93. The molecule has 3 saturated heterocycles. The maximum absolute atomic E-state index is 13.1. The third-order valence-electron chi connectivity index (χ3n) is 10.9. The highest BCUT2D eigenvalue weighted by molar-refractivity contribution is 8.13. The van der Waals surface area contributed by atoms with Gasteiger partial charge in [0.1, 0.15) is 48.7 Å². The number of hydrogen-bond acceptors (Lipinski definition) is 26. The predicted molar refractivity (Wildman–Crippen MR) is 241 cm³/mol.